The molecule has 0 spiro atoms. The first kappa shape index (κ1) is 19.2. The second-order valence-corrected chi connectivity index (χ2v) is 5.97. The van der Waals surface area contributed by atoms with Crippen LogP contribution in [-0.2, 0) is 16.0 Å². The third-order valence-corrected chi connectivity index (χ3v) is 3.62. The van der Waals surface area contributed by atoms with E-state index in [2.05, 4.69) is 15.8 Å². The molecule has 0 aliphatic rings. The van der Waals surface area contributed by atoms with E-state index in [0.29, 0.717) is 17.1 Å². The molecule has 0 radical (unpaired) electrons. The highest BCUT2D eigenvalue weighted by Crippen LogP contribution is 2.25. The van der Waals surface area contributed by atoms with E-state index < -0.39 is 0 Å². The Labute approximate surface area is 153 Å². The molecule has 136 valence electrons. The SMILES string of the molecule is COc1ccc(C)cc1NC(=O)C/C(C)=N/NC(=O)Cc1ccccc1. The molecule has 2 N–H and O–H groups in total. The predicted octanol–water partition coefficient (Wildman–Crippen LogP) is 3.07. The number of nitrogens with one attached hydrogen (secondary N) is 2. The maximum atomic E-state index is 12.2. The van der Waals surface area contributed by atoms with Crippen molar-refractivity contribution in [2.45, 2.75) is 26.7 Å². The molecule has 2 rings (SSSR count). The van der Waals surface area contributed by atoms with Gasteiger partial charge < -0.3 is 10.1 Å². The molecule has 6 heteroatoms. The third-order valence-electron chi connectivity index (χ3n) is 3.62. The van der Waals surface area contributed by atoms with Crippen molar-refractivity contribution in [3.8, 4) is 5.75 Å². The minimum absolute atomic E-state index is 0.0721. The van der Waals surface area contributed by atoms with Crippen molar-refractivity contribution in [1.82, 2.24) is 5.43 Å². The van der Waals surface area contributed by atoms with Gasteiger partial charge in [0.1, 0.15) is 5.75 Å². The number of methoxy groups -OCH3 is 1. The van der Waals surface area contributed by atoms with Crippen LogP contribution in [0.5, 0.6) is 5.75 Å². The lowest BCUT2D eigenvalue weighted by atomic mass is 10.1. The van der Waals surface area contributed by atoms with Crippen LogP contribution < -0.4 is 15.5 Å². The van der Waals surface area contributed by atoms with Crippen LogP contribution in [0.4, 0.5) is 5.69 Å². The van der Waals surface area contributed by atoms with E-state index in [1.165, 1.54) is 0 Å². The molecule has 0 saturated heterocycles. The van der Waals surface area contributed by atoms with E-state index in [1.54, 1.807) is 20.1 Å². The standard InChI is InChI=1S/C20H23N3O3/c1-14-9-10-18(26-3)17(11-14)21-19(24)12-15(2)22-23-20(25)13-16-7-5-4-6-8-16/h4-11H,12-13H2,1-3H3,(H,21,24)(H,23,25)/b22-15+. The van der Waals surface area contributed by atoms with Gasteiger partial charge in [0.25, 0.3) is 0 Å². The summed E-state index contributed by atoms with van der Waals surface area (Å²) in [4.78, 5) is 24.1. The second kappa shape index (κ2) is 9.36. The average Bonchev–Trinajstić information content (AvgIpc) is 2.61. The molecule has 0 fully saturated rings. The van der Waals surface area contributed by atoms with Gasteiger partial charge in [0.15, 0.2) is 0 Å². The number of hydrogen-bond donors (Lipinski definition) is 2. The molecule has 2 aromatic rings. The monoisotopic (exact) mass is 353 g/mol. The van der Waals surface area contributed by atoms with Crippen molar-refractivity contribution in [2.24, 2.45) is 5.10 Å². The topological polar surface area (TPSA) is 79.8 Å². The summed E-state index contributed by atoms with van der Waals surface area (Å²) in [5, 5.41) is 6.79. The summed E-state index contributed by atoms with van der Waals surface area (Å²) >= 11 is 0. The Kier molecular flexibility index (Phi) is 6.91. The van der Waals surface area contributed by atoms with Crippen molar-refractivity contribution in [2.75, 3.05) is 12.4 Å². The molecule has 0 heterocycles. The molecule has 0 aliphatic carbocycles. The number of amides is 2. The number of ether oxygens (including phenoxy) is 1. The van der Waals surface area contributed by atoms with E-state index in [-0.39, 0.29) is 24.7 Å². The molecule has 0 bridgehead atoms. The van der Waals surface area contributed by atoms with Crippen LogP contribution in [0, 0.1) is 6.92 Å². The largest absolute Gasteiger partial charge is 0.495 e. The summed E-state index contributed by atoms with van der Waals surface area (Å²) in [5.41, 5.74) is 5.51. The Hall–Kier alpha value is -3.15. The third kappa shape index (κ3) is 6.05. The van der Waals surface area contributed by atoms with Gasteiger partial charge in [-0.2, -0.15) is 5.10 Å². The number of carbonyl (C=O) groups excluding carboxylic acids is 2. The lowest BCUT2D eigenvalue weighted by Crippen LogP contribution is -2.23. The Morgan fingerprint density at radius 2 is 1.81 bits per heavy atom. The van der Waals surface area contributed by atoms with Gasteiger partial charge in [0.05, 0.1) is 25.6 Å². The van der Waals surface area contributed by atoms with Crippen molar-refractivity contribution < 1.29 is 14.3 Å². The number of hydrazone groups is 1. The van der Waals surface area contributed by atoms with Gasteiger partial charge in [0, 0.05) is 5.71 Å². The van der Waals surface area contributed by atoms with Crippen LogP contribution in [0.15, 0.2) is 53.6 Å². The molecular formula is C20H23N3O3. The maximum Gasteiger partial charge on any atom is 0.244 e. The summed E-state index contributed by atoms with van der Waals surface area (Å²) in [6.07, 6.45) is 0.313. The van der Waals surface area contributed by atoms with E-state index in [4.69, 9.17) is 4.74 Å². The van der Waals surface area contributed by atoms with Gasteiger partial charge in [-0.3, -0.25) is 9.59 Å². The number of benzene rings is 2. The Balaban J connectivity index is 1.87. The second-order valence-electron chi connectivity index (χ2n) is 5.97. The van der Waals surface area contributed by atoms with E-state index in [1.807, 2.05) is 49.4 Å². The normalized spacial score (nSPS) is 11.0. The molecule has 0 aromatic heterocycles. The number of aryl methyl sites for hydroxylation is 1. The van der Waals surface area contributed by atoms with E-state index in [0.717, 1.165) is 11.1 Å². The molecule has 2 amide bonds. The van der Waals surface area contributed by atoms with Crippen molar-refractivity contribution in [1.29, 1.82) is 0 Å². The maximum absolute atomic E-state index is 12.2. The molecule has 0 aliphatic heterocycles. The van der Waals surface area contributed by atoms with Crippen LogP contribution in [0.3, 0.4) is 0 Å². The summed E-state index contributed by atoms with van der Waals surface area (Å²) in [6.45, 7) is 3.62. The number of hydrogen-bond acceptors (Lipinski definition) is 4. The average molecular weight is 353 g/mol. The summed E-state index contributed by atoms with van der Waals surface area (Å²) in [5.74, 6) is 0.137. The fraction of sp³-hybridized carbons (Fsp3) is 0.250. The number of nitrogens with zero attached hydrogens (tertiary/aromatic N) is 1. The first-order valence-electron chi connectivity index (χ1n) is 8.28. The van der Waals surface area contributed by atoms with Gasteiger partial charge in [-0.05, 0) is 37.1 Å². The van der Waals surface area contributed by atoms with Gasteiger partial charge in [0.2, 0.25) is 11.8 Å². The van der Waals surface area contributed by atoms with E-state index >= 15 is 0 Å². The van der Waals surface area contributed by atoms with Crippen LogP contribution in [0.2, 0.25) is 0 Å². The lowest BCUT2D eigenvalue weighted by Gasteiger charge is -2.11. The molecular weight excluding hydrogens is 330 g/mol. The minimum atomic E-state index is -0.229. The smallest absolute Gasteiger partial charge is 0.244 e. The molecule has 0 saturated carbocycles. The zero-order valence-corrected chi connectivity index (χ0v) is 15.2. The fourth-order valence-corrected chi connectivity index (χ4v) is 2.36. The quantitative estimate of drug-likeness (QED) is 0.593. The van der Waals surface area contributed by atoms with Gasteiger partial charge in [-0.1, -0.05) is 36.4 Å². The summed E-state index contributed by atoms with van der Waals surface area (Å²) in [6, 6.07) is 14.9. The molecule has 0 unspecified atom stereocenters. The fourth-order valence-electron chi connectivity index (χ4n) is 2.36. The minimum Gasteiger partial charge on any atom is -0.495 e. The summed E-state index contributed by atoms with van der Waals surface area (Å²) < 4.78 is 5.24. The Morgan fingerprint density at radius 1 is 1.08 bits per heavy atom. The van der Waals surface area contributed by atoms with Gasteiger partial charge >= 0.3 is 0 Å². The predicted molar refractivity (Wildman–Crippen MR) is 102 cm³/mol. The zero-order valence-electron chi connectivity index (χ0n) is 15.2. The highest BCUT2D eigenvalue weighted by atomic mass is 16.5. The zero-order chi connectivity index (χ0) is 18.9. The van der Waals surface area contributed by atoms with E-state index in [9.17, 15) is 9.59 Å². The van der Waals surface area contributed by atoms with Gasteiger partial charge in [-0.15, -0.1) is 0 Å². The first-order chi connectivity index (χ1) is 12.5. The van der Waals surface area contributed by atoms with Gasteiger partial charge in [-0.25, -0.2) is 5.43 Å². The molecule has 6 nitrogen and oxygen atoms in total. The lowest BCUT2D eigenvalue weighted by molar-refractivity contribution is -0.120. The van der Waals surface area contributed by atoms with Crippen molar-refractivity contribution in [3.05, 3.63) is 59.7 Å². The number of anilines is 1. The molecule has 2 aromatic carbocycles. The Bertz CT molecular complexity index is 801. The van der Waals surface area contributed by atoms with Crippen molar-refractivity contribution in [3.63, 3.8) is 0 Å². The highest BCUT2D eigenvalue weighted by Gasteiger charge is 2.09. The van der Waals surface area contributed by atoms with Crippen LogP contribution >= 0.6 is 0 Å². The molecule has 26 heavy (non-hydrogen) atoms. The number of rotatable bonds is 7. The number of carbonyl (C=O) groups is 2. The van der Waals surface area contributed by atoms with Crippen molar-refractivity contribution >= 4 is 23.2 Å². The Morgan fingerprint density at radius 3 is 2.50 bits per heavy atom. The van der Waals surface area contributed by atoms with Crippen LogP contribution in [-0.4, -0.2) is 24.6 Å². The first-order valence-corrected chi connectivity index (χ1v) is 8.28. The van der Waals surface area contributed by atoms with Crippen LogP contribution in [0.1, 0.15) is 24.5 Å². The van der Waals surface area contributed by atoms with Crippen LogP contribution in [0.25, 0.3) is 0 Å². The highest BCUT2D eigenvalue weighted by molar-refractivity contribution is 6.06. The molecule has 0 atom stereocenters. The summed E-state index contributed by atoms with van der Waals surface area (Å²) in [7, 11) is 1.55.